The highest BCUT2D eigenvalue weighted by molar-refractivity contribution is 6.34. The molecule has 3 nitrogen and oxygen atoms in total. The van der Waals surface area contributed by atoms with Crippen molar-refractivity contribution in [2.45, 2.75) is 0 Å². The number of imidazole rings is 1. The van der Waals surface area contributed by atoms with E-state index in [4.69, 9.17) is 29.8 Å². The van der Waals surface area contributed by atoms with E-state index in [1.54, 1.807) is 12.1 Å². The van der Waals surface area contributed by atoms with Crippen LogP contribution in [0.15, 0.2) is 60.7 Å². The van der Waals surface area contributed by atoms with Crippen molar-refractivity contribution in [1.82, 2.24) is 9.97 Å². The number of aromatic amines is 1. The van der Waals surface area contributed by atoms with Gasteiger partial charge in [-0.05, 0) is 47.5 Å². The van der Waals surface area contributed by atoms with E-state index in [9.17, 15) is 0 Å². The van der Waals surface area contributed by atoms with Gasteiger partial charge in [0.25, 0.3) is 0 Å². The van der Waals surface area contributed by atoms with E-state index in [2.05, 4.69) is 14.8 Å². The SMILES string of the molecule is [C-]#[N+]c1ccc(-c2cc(Cl)ccc2-c2nc3ccccc3[nH]2)c(Cl)c1. The van der Waals surface area contributed by atoms with Crippen LogP contribution in [-0.4, -0.2) is 9.97 Å². The van der Waals surface area contributed by atoms with E-state index in [0.717, 1.165) is 33.5 Å². The Bertz CT molecular complexity index is 1110. The summed E-state index contributed by atoms with van der Waals surface area (Å²) in [6.07, 6.45) is 0. The molecule has 4 aromatic rings. The molecule has 120 valence electrons. The number of benzene rings is 3. The maximum Gasteiger partial charge on any atom is 0.188 e. The summed E-state index contributed by atoms with van der Waals surface area (Å²) < 4.78 is 0. The summed E-state index contributed by atoms with van der Waals surface area (Å²) in [6.45, 7) is 7.12. The van der Waals surface area contributed by atoms with Crippen molar-refractivity contribution in [1.29, 1.82) is 0 Å². The number of hydrogen-bond acceptors (Lipinski definition) is 1. The molecular formula is C20H11Cl2N3. The summed E-state index contributed by atoms with van der Waals surface area (Å²) >= 11 is 12.6. The molecule has 0 spiro atoms. The molecule has 0 saturated heterocycles. The van der Waals surface area contributed by atoms with E-state index in [1.807, 2.05) is 48.5 Å². The first-order valence-corrected chi connectivity index (χ1v) is 8.33. The molecule has 1 heterocycles. The van der Waals surface area contributed by atoms with Gasteiger partial charge in [0.2, 0.25) is 0 Å². The molecule has 0 aliphatic rings. The van der Waals surface area contributed by atoms with Gasteiger partial charge >= 0.3 is 0 Å². The van der Waals surface area contributed by atoms with E-state index in [1.165, 1.54) is 0 Å². The molecule has 5 heteroatoms. The van der Waals surface area contributed by atoms with Gasteiger partial charge in [0, 0.05) is 15.6 Å². The average molecular weight is 364 g/mol. The topological polar surface area (TPSA) is 33.0 Å². The third-order valence-electron chi connectivity index (χ3n) is 4.00. The Morgan fingerprint density at radius 1 is 0.880 bits per heavy atom. The fraction of sp³-hybridized carbons (Fsp3) is 0. The molecule has 25 heavy (non-hydrogen) atoms. The Kier molecular flexibility index (Phi) is 3.93. The molecule has 0 amide bonds. The molecule has 0 bridgehead atoms. The molecule has 0 unspecified atom stereocenters. The van der Waals surface area contributed by atoms with Crippen LogP contribution in [0.3, 0.4) is 0 Å². The lowest BCUT2D eigenvalue weighted by Gasteiger charge is -2.11. The number of rotatable bonds is 2. The molecule has 3 aromatic carbocycles. The van der Waals surface area contributed by atoms with Crippen LogP contribution in [-0.2, 0) is 0 Å². The normalized spacial score (nSPS) is 10.8. The monoisotopic (exact) mass is 363 g/mol. The molecule has 0 saturated carbocycles. The molecule has 0 radical (unpaired) electrons. The van der Waals surface area contributed by atoms with Crippen molar-refractivity contribution in [3.8, 4) is 22.5 Å². The number of para-hydroxylation sites is 2. The van der Waals surface area contributed by atoms with Gasteiger partial charge in [0.15, 0.2) is 5.69 Å². The van der Waals surface area contributed by atoms with Gasteiger partial charge in [-0.1, -0.05) is 47.5 Å². The highest BCUT2D eigenvalue weighted by Gasteiger charge is 2.14. The second kappa shape index (κ2) is 6.25. The van der Waals surface area contributed by atoms with Crippen LogP contribution in [0.2, 0.25) is 10.0 Å². The minimum Gasteiger partial charge on any atom is -0.338 e. The van der Waals surface area contributed by atoms with E-state index in [-0.39, 0.29) is 0 Å². The fourth-order valence-corrected chi connectivity index (χ4v) is 3.27. The zero-order valence-electron chi connectivity index (χ0n) is 12.9. The summed E-state index contributed by atoms with van der Waals surface area (Å²) in [6, 6.07) is 18.7. The third-order valence-corrected chi connectivity index (χ3v) is 4.55. The lowest BCUT2D eigenvalue weighted by atomic mass is 9.99. The van der Waals surface area contributed by atoms with Gasteiger partial charge < -0.3 is 4.98 Å². The zero-order valence-corrected chi connectivity index (χ0v) is 14.4. The zero-order chi connectivity index (χ0) is 17.4. The molecule has 0 aliphatic carbocycles. The van der Waals surface area contributed by atoms with Gasteiger partial charge in [0.05, 0.1) is 17.6 Å². The summed E-state index contributed by atoms with van der Waals surface area (Å²) in [4.78, 5) is 11.4. The van der Waals surface area contributed by atoms with Crippen LogP contribution < -0.4 is 0 Å². The first kappa shape index (κ1) is 15.7. The minimum atomic E-state index is 0.501. The summed E-state index contributed by atoms with van der Waals surface area (Å²) in [5, 5.41) is 1.12. The predicted molar refractivity (Wildman–Crippen MR) is 103 cm³/mol. The molecule has 0 fully saturated rings. The Balaban J connectivity index is 1.94. The standard InChI is InChI=1S/C20H11Cl2N3/c1-23-13-7-9-14(17(22)11-13)16-10-12(21)6-8-15(16)20-24-18-4-2-3-5-19(18)25-20/h2-11H,(H,24,25). The van der Waals surface area contributed by atoms with E-state index in [0.29, 0.717) is 15.7 Å². The van der Waals surface area contributed by atoms with Crippen molar-refractivity contribution in [3.05, 3.63) is 82.1 Å². The van der Waals surface area contributed by atoms with Crippen molar-refractivity contribution in [2.24, 2.45) is 0 Å². The molecule has 0 aliphatic heterocycles. The largest absolute Gasteiger partial charge is 0.338 e. The maximum absolute atomic E-state index is 7.12. The highest BCUT2D eigenvalue weighted by atomic mass is 35.5. The number of aromatic nitrogens is 2. The quantitative estimate of drug-likeness (QED) is 0.392. The van der Waals surface area contributed by atoms with Crippen molar-refractivity contribution < 1.29 is 0 Å². The first-order valence-electron chi connectivity index (χ1n) is 7.58. The molecule has 0 atom stereocenters. The Hall–Kier alpha value is -2.80. The molecular weight excluding hydrogens is 353 g/mol. The predicted octanol–water partition coefficient (Wildman–Crippen LogP) is 6.75. The lowest BCUT2D eigenvalue weighted by Crippen LogP contribution is -1.88. The number of H-pyrrole nitrogens is 1. The van der Waals surface area contributed by atoms with Gasteiger partial charge in [-0.2, -0.15) is 0 Å². The minimum absolute atomic E-state index is 0.501. The van der Waals surface area contributed by atoms with E-state index >= 15 is 0 Å². The maximum atomic E-state index is 7.12. The third kappa shape index (κ3) is 2.87. The Morgan fingerprint density at radius 3 is 2.44 bits per heavy atom. The Morgan fingerprint density at radius 2 is 1.68 bits per heavy atom. The molecule has 1 aromatic heterocycles. The second-order valence-corrected chi connectivity index (χ2v) is 6.41. The molecule has 4 rings (SSSR count). The Labute approximate surface area is 154 Å². The summed E-state index contributed by atoms with van der Waals surface area (Å²) in [5.41, 5.74) is 4.94. The van der Waals surface area contributed by atoms with Gasteiger partial charge in [-0.15, -0.1) is 0 Å². The number of nitrogens with one attached hydrogen (secondary N) is 1. The summed E-state index contributed by atoms with van der Waals surface area (Å²) in [7, 11) is 0. The number of fused-ring (bicyclic) bond motifs is 1. The highest BCUT2D eigenvalue weighted by Crippen LogP contribution is 2.38. The number of halogens is 2. The van der Waals surface area contributed by atoms with Crippen LogP contribution in [0.4, 0.5) is 5.69 Å². The van der Waals surface area contributed by atoms with Crippen LogP contribution in [0.1, 0.15) is 0 Å². The fourth-order valence-electron chi connectivity index (χ4n) is 2.82. The van der Waals surface area contributed by atoms with Crippen LogP contribution in [0.5, 0.6) is 0 Å². The number of hydrogen-bond donors (Lipinski definition) is 1. The van der Waals surface area contributed by atoms with Crippen LogP contribution >= 0.6 is 23.2 Å². The summed E-state index contributed by atoms with van der Waals surface area (Å²) in [5.74, 6) is 0.748. The van der Waals surface area contributed by atoms with Crippen LogP contribution in [0.25, 0.3) is 38.4 Å². The van der Waals surface area contributed by atoms with E-state index < -0.39 is 0 Å². The lowest BCUT2D eigenvalue weighted by molar-refractivity contribution is 1.34. The van der Waals surface area contributed by atoms with Crippen molar-refractivity contribution in [2.75, 3.05) is 0 Å². The average Bonchev–Trinajstić information content (AvgIpc) is 3.05. The number of nitrogens with zero attached hydrogens (tertiary/aromatic N) is 2. The van der Waals surface area contributed by atoms with Gasteiger partial charge in [0.1, 0.15) is 5.82 Å². The van der Waals surface area contributed by atoms with Crippen molar-refractivity contribution >= 4 is 39.9 Å². The van der Waals surface area contributed by atoms with Gasteiger partial charge in [-0.3, -0.25) is 0 Å². The second-order valence-electron chi connectivity index (χ2n) is 5.57. The molecule has 1 N–H and O–H groups in total. The smallest absolute Gasteiger partial charge is 0.188 e. The van der Waals surface area contributed by atoms with Gasteiger partial charge in [-0.25, -0.2) is 9.83 Å². The van der Waals surface area contributed by atoms with Crippen LogP contribution in [0, 0.1) is 6.57 Å². The first-order chi connectivity index (χ1) is 12.2. The van der Waals surface area contributed by atoms with Crippen molar-refractivity contribution in [3.63, 3.8) is 0 Å².